The molecule has 0 aliphatic carbocycles. The maximum atomic E-state index is 11.3. The van der Waals surface area contributed by atoms with Crippen LogP contribution in [0.3, 0.4) is 0 Å². The maximum absolute atomic E-state index is 11.3. The Bertz CT molecular complexity index is 569. The molecule has 10 heteroatoms. The smallest absolute Gasteiger partial charge is 0.223 e. The van der Waals surface area contributed by atoms with Crippen LogP contribution in [0.4, 0.5) is 5.69 Å². The van der Waals surface area contributed by atoms with Crippen molar-refractivity contribution in [1.29, 1.82) is 0 Å². The van der Waals surface area contributed by atoms with E-state index in [9.17, 15) is 25.3 Å². The monoisotopic (exact) mass is 344 g/mol. The van der Waals surface area contributed by atoms with Crippen molar-refractivity contribution in [3.05, 3.63) is 29.5 Å². The highest BCUT2D eigenvalue weighted by Gasteiger charge is 2.46. The van der Waals surface area contributed by atoms with Crippen molar-refractivity contribution in [2.24, 2.45) is 0 Å². The van der Waals surface area contributed by atoms with Crippen LogP contribution in [0, 0.1) is 5.21 Å². The highest BCUT2D eigenvalue weighted by atomic mass is 16.8. The first-order valence-electron chi connectivity index (χ1n) is 7.23. The zero-order valence-corrected chi connectivity index (χ0v) is 12.8. The van der Waals surface area contributed by atoms with Crippen molar-refractivity contribution >= 4 is 11.6 Å². The molecule has 10 nitrogen and oxygen atoms in total. The number of hydrogen-bond donors (Lipinski definition) is 6. The SMILES string of the molecule is CC(=O)NC1C(Oc2cccc([NH+]([O-])O)c2)OC(CO)C(O)C1O. The summed E-state index contributed by atoms with van der Waals surface area (Å²) in [4.78, 5) is 11.3. The quantitative estimate of drug-likeness (QED) is 0.318. The number of hydrogen-bond acceptors (Lipinski definition) is 8. The second kappa shape index (κ2) is 7.85. The molecule has 24 heavy (non-hydrogen) atoms. The summed E-state index contributed by atoms with van der Waals surface area (Å²) in [5.41, 5.74) is -0.0151. The van der Waals surface area contributed by atoms with E-state index in [1.807, 2.05) is 0 Å². The van der Waals surface area contributed by atoms with Crippen LogP contribution in [0.2, 0.25) is 0 Å². The van der Waals surface area contributed by atoms with Gasteiger partial charge in [-0.25, -0.2) is 5.21 Å². The van der Waals surface area contributed by atoms with Crippen LogP contribution >= 0.6 is 0 Å². The van der Waals surface area contributed by atoms with E-state index in [2.05, 4.69) is 5.32 Å². The van der Waals surface area contributed by atoms with Gasteiger partial charge in [-0.05, 0) is 6.07 Å². The summed E-state index contributed by atoms with van der Waals surface area (Å²) in [6.07, 6.45) is -5.20. The van der Waals surface area contributed by atoms with Gasteiger partial charge in [0.15, 0.2) is 5.69 Å². The second-order valence-electron chi connectivity index (χ2n) is 5.38. The number of amides is 1. The molecule has 0 bridgehead atoms. The number of quaternary nitrogens is 1. The predicted octanol–water partition coefficient (Wildman–Crippen LogP) is -2.59. The topological polar surface area (TPSA) is 156 Å². The zero-order chi connectivity index (χ0) is 17.9. The van der Waals surface area contributed by atoms with E-state index in [-0.39, 0.29) is 11.4 Å². The molecule has 0 radical (unpaired) electrons. The molecule has 0 aromatic heterocycles. The summed E-state index contributed by atoms with van der Waals surface area (Å²) >= 11 is 0. The molecular formula is C14H20N2O8. The minimum absolute atomic E-state index is 0.0151. The first-order chi connectivity index (χ1) is 11.3. The normalized spacial score (nSPS) is 31.3. The van der Waals surface area contributed by atoms with Gasteiger partial charge < -0.3 is 35.3 Å². The van der Waals surface area contributed by atoms with Gasteiger partial charge in [0, 0.05) is 19.1 Å². The lowest BCUT2D eigenvalue weighted by molar-refractivity contribution is -0.991. The summed E-state index contributed by atoms with van der Waals surface area (Å²) in [6.45, 7) is 0.652. The first kappa shape index (κ1) is 18.5. The van der Waals surface area contributed by atoms with Gasteiger partial charge in [-0.1, -0.05) is 6.07 Å². The van der Waals surface area contributed by atoms with Crippen LogP contribution in [0.1, 0.15) is 6.92 Å². The molecule has 1 amide bonds. The molecule has 1 aliphatic heterocycles. The van der Waals surface area contributed by atoms with Gasteiger partial charge in [-0.2, -0.15) is 5.23 Å². The van der Waals surface area contributed by atoms with Gasteiger partial charge in [-0.15, -0.1) is 0 Å². The highest BCUT2D eigenvalue weighted by molar-refractivity contribution is 5.73. The van der Waals surface area contributed by atoms with Crippen molar-refractivity contribution < 1.29 is 40.0 Å². The molecule has 6 atom stereocenters. The summed E-state index contributed by atoms with van der Waals surface area (Å²) in [6, 6.07) is 4.46. The number of ether oxygens (including phenoxy) is 2. The largest absolute Gasteiger partial charge is 0.595 e. The summed E-state index contributed by atoms with van der Waals surface area (Å²) in [7, 11) is 0. The molecule has 1 saturated heterocycles. The fraction of sp³-hybridized carbons (Fsp3) is 0.500. The number of carbonyl (C=O) groups is 1. The van der Waals surface area contributed by atoms with Gasteiger partial charge in [-0.3, -0.25) is 4.79 Å². The van der Waals surface area contributed by atoms with Crippen LogP contribution in [-0.2, 0) is 9.53 Å². The van der Waals surface area contributed by atoms with Crippen molar-refractivity contribution in [2.75, 3.05) is 6.61 Å². The van der Waals surface area contributed by atoms with Crippen molar-refractivity contribution in [1.82, 2.24) is 5.32 Å². The Labute approximate surface area is 137 Å². The fourth-order valence-electron chi connectivity index (χ4n) is 2.41. The molecule has 2 rings (SSSR count). The van der Waals surface area contributed by atoms with Gasteiger partial charge in [0.2, 0.25) is 12.2 Å². The molecule has 1 aromatic carbocycles. The molecule has 1 heterocycles. The van der Waals surface area contributed by atoms with Gasteiger partial charge in [0.25, 0.3) is 0 Å². The van der Waals surface area contributed by atoms with E-state index < -0.39 is 48.4 Å². The lowest BCUT2D eigenvalue weighted by atomic mass is 9.97. The average molecular weight is 344 g/mol. The van der Waals surface area contributed by atoms with Gasteiger partial charge >= 0.3 is 0 Å². The van der Waals surface area contributed by atoms with E-state index in [4.69, 9.17) is 14.7 Å². The van der Waals surface area contributed by atoms with E-state index >= 15 is 0 Å². The zero-order valence-electron chi connectivity index (χ0n) is 12.8. The Morgan fingerprint density at radius 3 is 2.71 bits per heavy atom. The van der Waals surface area contributed by atoms with Crippen molar-refractivity contribution in [3.8, 4) is 5.75 Å². The highest BCUT2D eigenvalue weighted by Crippen LogP contribution is 2.25. The lowest BCUT2D eigenvalue weighted by Gasteiger charge is -2.42. The molecule has 1 fully saturated rings. The molecule has 134 valence electrons. The summed E-state index contributed by atoms with van der Waals surface area (Å²) in [5, 5.41) is 50.5. The summed E-state index contributed by atoms with van der Waals surface area (Å²) < 4.78 is 10.9. The van der Waals surface area contributed by atoms with E-state index in [0.717, 1.165) is 0 Å². The van der Waals surface area contributed by atoms with E-state index in [0.29, 0.717) is 0 Å². The lowest BCUT2D eigenvalue weighted by Crippen LogP contribution is -2.99. The molecule has 0 saturated carbocycles. The minimum atomic E-state index is -1.44. The molecule has 0 spiro atoms. The minimum Gasteiger partial charge on any atom is -0.595 e. The van der Waals surface area contributed by atoms with E-state index in [1.165, 1.54) is 31.2 Å². The number of benzene rings is 1. The molecule has 6 unspecified atom stereocenters. The third-order valence-electron chi connectivity index (χ3n) is 3.58. The third-order valence-corrected chi connectivity index (χ3v) is 3.58. The third kappa shape index (κ3) is 4.19. The average Bonchev–Trinajstić information content (AvgIpc) is 2.54. The Morgan fingerprint density at radius 2 is 2.12 bits per heavy atom. The molecule has 6 N–H and O–H groups in total. The maximum Gasteiger partial charge on any atom is 0.223 e. The van der Waals surface area contributed by atoms with Crippen molar-refractivity contribution in [2.45, 2.75) is 37.6 Å². The number of aliphatic hydroxyl groups excluding tert-OH is 3. The summed E-state index contributed by atoms with van der Waals surface area (Å²) in [5.74, 6) is -0.347. The standard InChI is InChI=1S/C14H20N2O8/c1-7(18)15-11-13(20)12(19)10(6-17)24-14(11)23-9-4-2-3-8(5-9)16(21)22/h2-5,10-14,16-17,19-21H,6H2,1H3,(H,15,18). The first-order valence-corrected chi connectivity index (χ1v) is 7.23. The molecular weight excluding hydrogens is 324 g/mol. The van der Waals surface area contributed by atoms with Gasteiger partial charge in [0.1, 0.15) is 30.1 Å². The van der Waals surface area contributed by atoms with Crippen LogP contribution in [0.5, 0.6) is 5.75 Å². The van der Waals surface area contributed by atoms with Crippen LogP contribution < -0.4 is 15.3 Å². The fourth-order valence-corrected chi connectivity index (χ4v) is 2.41. The van der Waals surface area contributed by atoms with Crippen LogP contribution in [0.25, 0.3) is 0 Å². The Balaban J connectivity index is 2.22. The number of carbonyl (C=O) groups excluding carboxylic acids is 1. The van der Waals surface area contributed by atoms with E-state index in [1.54, 1.807) is 0 Å². The Morgan fingerprint density at radius 1 is 1.42 bits per heavy atom. The van der Waals surface area contributed by atoms with Crippen molar-refractivity contribution in [3.63, 3.8) is 0 Å². The molecule has 1 aromatic rings. The number of rotatable bonds is 5. The second-order valence-corrected chi connectivity index (χ2v) is 5.38. The molecule has 1 aliphatic rings. The van der Waals surface area contributed by atoms with Crippen LogP contribution in [-0.4, -0.2) is 63.7 Å². The number of aliphatic hydroxyl groups is 3. The Hall–Kier alpha value is -1.79. The van der Waals surface area contributed by atoms with Gasteiger partial charge in [0.05, 0.1) is 6.61 Å². The number of nitrogens with one attached hydrogen (secondary N) is 2. The predicted molar refractivity (Wildman–Crippen MR) is 78.2 cm³/mol. The Kier molecular flexibility index (Phi) is 6.07. The van der Waals surface area contributed by atoms with Crippen LogP contribution in [0.15, 0.2) is 24.3 Å².